The molecule has 2 heterocycles. The minimum absolute atomic E-state index is 0.170. The zero-order chi connectivity index (χ0) is 20.2. The van der Waals surface area contributed by atoms with Crippen molar-refractivity contribution in [2.24, 2.45) is 0 Å². The number of oxazole rings is 1. The number of carbonyl (C=O) groups is 1. The van der Waals surface area contributed by atoms with Gasteiger partial charge in [0.15, 0.2) is 11.5 Å². The van der Waals surface area contributed by atoms with Gasteiger partial charge < -0.3 is 19.7 Å². The summed E-state index contributed by atoms with van der Waals surface area (Å²) in [5, 5.41) is 12.5. The lowest BCUT2D eigenvalue weighted by Crippen LogP contribution is -2.40. The number of hydrogen-bond acceptors (Lipinski definition) is 5. The molecule has 1 saturated heterocycles. The molecule has 152 valence electrons. The summed E-state index contributed by atoms with van der Waals surface area (Å²) in [6.07, 6.45) is 1.63. The third-order valence-electron chi connectivity index (χ3n) is 5.27. The average Bonchev–Trinajstić information content (AvgIpc) is 3.12. The van der Waals surface area contributed by atoms with E-state index in [4.69, 9.17) is 4.42 Å². The standard InChI is InChI=1S/C22H24FN3O3/c23-18-4-2-1-3-15(18)14-21-25-19-6-5-16(13-20(19)29-21)22(28)24-9-12-26-10-7-17(27)8-11-26/h1-6,13,17,27H,7-12,14H2,(H,24,28). The molecule has 0 aliphatic carbocycles. The second-order valence-electron chi connectivity index (χ2n) is 7.39. The second kappa shape index (κ2) is 8.71. The summed E-state index contributed by atoms with van der Waals surface area (Å²) in [5.74, 6) is -0.0519. The van der Waals surface area contributed by atoms with E-state index in [1.54, 1.807) is 36.4 Å². The number of fused-ring (bicyclic) bond motifs is 1. The van der Waals surface area contributed by atoms with Crippen LogP contribution in [0.5, 0.6) is 0 Å². The highest BCUT2D eigenvalue weighted by Crippen LogP contribution is 2.20. The molecular formula is C22H24FN3O3. The zero-order valence-corrected chi connectivity index (χ0v) is 16.1. The maximum Gasteiger partial charge on any atom is 0.251 e. The van der Waals surface area contributed by atoms with Gasteiger partial charge in [0.1, 0.15) is 11.3 Å². The summed E-state index contributed by atoms with van der Waals surface area (Å²) < 4.78 is 19.6. The molecule has 2 N–H and O–H groups in total. The number of aromatic nitrogens is 1. The zero-order valence-electron chi connectivity index (χ0n) is 16.1. The predicted molar refractivity (Wildman–Crippen MR) is 107 cm³/mol. The Morgan fingerprint density at radius 1 is 1.24 bits per heavy atom. The Balaban J connectivity index is 1.37. The van der Waals surface area contributed by atoms with Crippen molar-refractivity contribution >= 4 is 17.0 Å². The van der Waals surface area contributed by atoms with E-state index in [1.165, 1.54) is 6.07 Å². The van der Waals surface area contributed by atoms with Crippen LogP contribution in [0.1, 0.15) is 34.7 Å². The molecule has 2 aromatic carbocycles. The van der Waals surface area contributed by atoms with Crippen LogP contribution in [0, 0.1) is 5.82 Å². The van der Waals surface area contributed by atoms with E-state index in [1.807, 2.05) is 0 Å². The molecule has 0 unspecified atom stereocenters. The number of rotatable bonds is 6. The molecule has 1 amide bonds. The monoisotopic (exact) mass is 397 g/mol. The SMILES string of the molecule is O=C(NCCN1CCC(O)CC1)c1ccc2nc(Cc3ccccc3F)oc2c1. The van der Waals surface area contributed by atoms with Crippen molar-refractivity contribution in [1.82, 2.24) is 15.2 Å². The number of aliphatic hydroxyl groups excluding tert-OH is 1. The Morgan fingerprint density at radius 2 is 2.03 bits per heavy atom. The first kappa shape index (κ1) is 19.5. The normalized spacial score (nSPS) is 15.7. The maximum atomic E-state index is 13.8. The highest BCUT2D eigenvalue weighted by atomic mass is 19.1. The van der Waals surface area contributed by atoms with E-state index < -0.39 is 0 Å². The molecule has 7 heteroatoms. The van der Waals surface area contributed by atoms with Crippen molar-refractivity contribution in [1.29, 1.82) is 0 Å². The van der Waals surface area contributed by atoms with Gasteiger partial charge in [-0.1, -0.05) is 18.2 Å². The Labute approximate surface area is 168 Å². The van der Waals surface area contributed by atoms with Gasteiger partial charge in [-0.25, -0.2) is 9.37 Å². The quantitative estimate of drug-likeness (QED) is 0.669. The van der Waals surface area contributed by atoms with Crippen LogP contribution >= 0.6 is 0 Å². The van der Waals surface area contributed by atoms with Crippen molar-refractivity contribution in [3.63, 3.8) is 0 Å². The Kier molecular flexibility index (Phi) is 5.87. The fourth-order valence-corrected chi connectivity index (χ4v) is 3.57. The molecular weight excluding hydrogens is 373 g/mol. The topological polar surface area (TPSA) is 78.6 Å². The summed E-state index contributed by atoms with van der Waals surface area (Å²) in [6.45, 7) is 3.01. The first-order valence-electron chi connectivity index (χ1n) is 9.90. The smallest absolute Gasteiger partial charge is 0.251 e. The molecule has 4 rings (SSSR count). The average molecular weight is 397 g/mol. The number of carbonyl (C=O) groups excluding carboxylic acids is 1. The van der Waals surface area contributed by atoms with E-state index in [9.17, 15) is 14.3 Å². The van der Waals surface area contributed by atoms with Gasteiger partial charge in [0.25, 0.3) is 5.91 Å². The second-order valence-corrected chi connectivity index (χ2v) is 7.39. The lowest BCUT2D eigenvalue weighted by atomic mass is 10.1. The Hall–Kier alpha value is -2.77. The lowest BCUT2D eigenvalue weighted by molar-refractivity contribution is 0.0804. The molecule has 1 fully saturated rings. The number of likely N-dealkylation sites (tertiary alicyclic amines) is 1. The number of benzene rings is 2. The van der Waals surface area contributed by atoms with Gasteiger partial charge in [0.2, 0.25) is 0 Å². The van der Waals surface area contributed by atoms with Gasteiger partial charge >= 0.3 is 0 Å². The molecule has 0 saturated carbocycles. The van der Waals surface area contributed by atoms with E-state index in [0.29, 0.717) is 34.7 Å². The van der Waals surface area contributed by atoms with Crippen molar-refractivity contribution in [3.05, 3.63) is 65.3 Å². The van der Waals surface area contributed by atoms with Crippen molar-refractivity contribution < 1.29 is 18.7 Å². The third kappa shape index (κ3) is 4.81. The number of hydrogen-bond donors (Lipinski definition) is 2. The number of nitrogens with one attached hydrogen (secondary N) is 1. The molecule has 0 atom stereocenters. The van der Waals surface area contributed by atoms with E-state index in [0.717, 1.165) is 32.5 Å². The van der Waals surface area contributed by atoms with Gasteiger partial charge in [-0.2, -0.15) is 0 Å². The largest absolute Gasteiger partial charge is 0.440 e. The number of piperidine rings is 1. The van der Waals surface area contributed by atoms with Crippen LogP contribution in [0.25, 0.3) is 11.1 Å². The third-order valence-corrected chi connectivity index (χ3v) is 5.27. The van der Waals surface area contributed by atoms with Crippen LogP contribution in [0.4, 0.5) is 4.39 Å². The van der Waals surface area contributed by atoms with Crippen LogP contribution < -0.4 is 5.32 Å². The Morgan fingerprint density at radius 3 is 2.83 bits per heavy atom. The van der Waals surface area contributed by atoms with Gasteiger partial charge in [-0.15, -0.1) is 0 Å². The first-order valence-corrected chi connectivity index (χ1v) is 9.90. The summed E-state index contributed by atoms with van der Waals surface area (Å²) in [7, 11) is 0. The first-order chi connectivity index (χ1) is 14.1. The van der Waals surface area contributed by atoms with E-state index >= 15 is 0 Å². The van der Waals surface area contributed by atoms with Crippen molar-refractivity contribution in [2.75, 3.05) is 26.2 Å². The van der Waals surface area contributed by atoms with Crippen LogP contribution in [-0.4, -0.2) is 53.2 Å². The molecule has 3 aromatic rings. The van der Waals surface area contributed by atoms with Crippen LogP contribution in [0.15, 0.2) is 46.9 Å². The summed E-state index contributed by atoms with van der Waals surface area (Å²) in [5.41, 5.74) is 2.16. The molecule has 6 nitrogen and oxygen atoms in total. The van der Waals surface area contributed by atoms with Crippen LogP contribution in [0.2, 0.25) is 0 Å². The van der Waals surface area contributed by atoms with E-state index in [-0.39, 0.29) is 24.2 Å². The number of halogens is 1. The van der Waals surface area contributed by atoms with Gasteiger partial charge in [0, 0.05) is 31.7 Å². The molecule has 0 radical (unpaired) electrons. The van der Waals surface area contributed by atoms with E-state index in [2.05, 4.69) is 15.2 Å². The molecule has 0 bridgehead atoms. The predicted octanol–water partition coefficient (Wildman–Crippen LogP) is 2.74. The fraction of sp³-hybridized carbons (Fsp3) is 0.364. The summed E-state index contributed by atoms with van der Waals surface area (Å²) in [6, 6.07) is 11.6. The van der Waals surface area contributed by atoms with Gasteiger partial charge in [0.05, 0.1) is 12.5 Å². The van der Waals surface area contributed by atoms with Crippen molar-refractivity contribution in [3.8, 4) is 0 Å². The van der Waals surface area contributed by atoms with Gasteiger partial charge in [-0.3, -0.25) is 4.79 Å². The number of nitrogens with zero attached hydrogens (tertiary/aromatic N) is 2. The summed E-state index contributed by atoms with van der Waals surface area (Å²) >= 11 is 0. The van der Waals surface area contributed by atoms with Crippen LogP contribution in [-0.2, 0) is 6.42 Å². The number of aliphatic hydroxyl groups is 1. The molecule has 0 spiro atoms. The van der Waals surface area contributed by atoms with Gasteiger partial charge in [-0.05, 0) is 42.7 Å². The minimum Gasteiger partial charge on any atom is -0.440 e. The van der Waals surface area contributed by atoms with Crippen LogP contribution in [0.3, 0.4) is 0 Å². The van der Waals surface area contributed by atoms with Crippen molar-refractivity contribution in [2.45, 2.75) is 25.4 Å². The minimum atomic E-state index is -0.293. The molecule has 1 aromatic heterocycles. The molecule has 29 heavy (non-hydrogen) atoms. The molecule has 1 aliphatic rings. The fourth-order valence-electron chi connectivity index (χ4n) is 3.57. The number of amides is 1. The maximum absolute atomic E-state index is 13.8. The Bertz CT molecular complexity index is 996. The highest BCUT2D eigenvalue weighted by molar-refractivity contribution is 5.97. The lowest BCUT2D eigenvalue weighted by Gasteiger charge is -2.29. The highest BCUT2D eigenvalue weighted by Gasteiger charge is 2.17. The molecule has 1 aliphatic heterocycles. The summed E-state index contributed by atoms with van der Waals surface area (Å²) in [4.78, 5) is 19.1.